The van der Waals surface area contributed by atoms with Gasteiger partial charge in [0, 0.05) is 4.47 Å². The molecular weight excluding hydrogens is 298 g/mol. The molecular formula is C10H10BrN7. The summed E-state index contributed by atoms with van der Waals surface area (Å²) in [7, 11) is 0. The number of hydrogen-bond acceptors (Lipinski definition) is 7. The molecule has 0 aliphatic carbocycles. The largest absolute Gasteiger partial charge is 0.382 e. The molecule has 0 spiro atoms. The van der Waals surface area contributed by atoms with Crippen LogP contribution in [0.25, 0.3) is 0 Å². The molecule has 0 aliphatic rings. The number of azo groups is 1. The van der Waals surface area contributed by atoms with E-state index in [2.05, 4.69) is 36.1 Å². The van der Waals surface area contributed by atoms with E-state index in [1.165, 1.54) is 0 Å². The van der Waals surface area contributed by atoms with Crippen LogP contribution < -0.4 is 17.2 Å². The van der Waals surface area contributed by atoms with Crippen LogP contribution in [-0.2, 0) is 0 Å². The molecule has 0 fully saturated rings. The molecule has 0 unspecified atom stereocenters. The zero-order valence-corrected chi connectivity index (χ0v) is 10.8. The minimum Gasteiger partial charge on any atom is -0.382 e. The fourth-order valence-electron chi connectivity index (χ4n) is 1.26. The molecule has 0 amide bonds. The van der Waals surface area contributed by atoms with Gasteiger partial charge in [0.05, 0.1) is 5.69 Å². The maximum Gasteiger partial charge on any atom is 0.224 e. The van der Waals surface area contributed by atoms with Crippen LogP contribution in [-0.4, -0.2) is 9.97 Å². The predicted octanol–water partition coefficient (Wildman–Crippen LogP) is 2.40. The lowest BCUT2D eigenvalue weighted by Gasteiger charge is -2.02. The molecule has 7 nitrogen and oxygen atoms in total. The van der Waals surface area contributed by atoms with E-state index in [1.807, 2.05) is 12.1 Å². The van der Waals surface area contributed by atoms with E-state index in [-0.39, 0.29) is 23.3 Å². The Labute approximate surface area is 111 Å². The number of nitrogens with zero attached hydrogens (tertiary/aromatic N) is 4. The summed E-state index contributed by atoms with van der Waals surface area (Å²) in [6, 6.07) is 7.31. The Kier molecular flexibility index (Phi) is 3.38. The number of aromatic nitrogens is 2. The molecule has 18 heavy (non-hydrogen) atoms. The molecule has 0 bridgehead atoms. The molecule has 0 atom stereocenters. The van der Waals surface area contributed by atoms with Crippen LogP contribution in [0.4, 0.5) is 29.0 Å². The van der Waals surface area contributed by atoms with Gasteiger partial charge in [-0.25, -0.2) is 0 Å². The van der Waals surface area contributed by atoms with Gasteiger partial charge in [0.1, 0.15) is 0 Å². The van der Waals surface area contributed by atoms with E-state index < -0.39 is 0 Å². The van der Waals surface area contributed by atoms with E-state index in [0.717, 1.165) is 4.47 Å². The maximum absolute atomic E-state index is 5.64. The van der Waals surface area contributed by atoms with E-state index in [1.54, 1.807) is 12.1 Å². The highest BCUT2D eigenvalue weighted by molar-refractivity contribution is 9.10. The Morgan fingerprint density at radius 3 is 2.28 bits per heavy atom. The normalized spacial score (nSPS) is 10.9. The average Bonchev–Trinajstić information content (AvgIpc) is 2.27. The Morgan fingerprint density at radius 2 is 1.67 bits per heavy atom. The van der Waals surface area contributed by atoms with Gasteiger partial charge in [0.25, 0.3) is 0 Å². The molecule has 0 radical (unpaired) electrons. The van der Waals surface area contributed by atoms with Crippen LogP contribution in [0.2, 0.25) is 0 Å². The van der Waals surface area contributed by atoms with Gasteiger partial charge in [-0.2, -0.15) is 15.1 Å². The Hall–Kier alpha value is -2.22. The molecule has 1 heterocycles. The number of rotatable bonds is 2. The second-order valence-corrected chi connectivity index (χ2v) is 4.30. The molecule has 2 rings (SSSR count). The van der Waals surface area contributed by atoms with Gasteiger partial charge in [-0.3, -0.25) is 0 Å². The summed E-state index contributed by atoms with van der Waals surface area (Å²) in [6.45, 7) is 0. The van der Waals surface area contributed by atoms with Crippen molar-refractivity contribution in [2.75, 3.05) is 17.2 Å². The minimum atomic E-state index is 0.00593. The number of benzene rings is 1. The summed E-state index contributed by atoms with van der Waals surface area (Å²) >= 11 is 3.33. The monoisotopic (exact) mass is 307 g/mol. The van der Waals surface area contributed by atoms with Crippen molar-refractivity contribution in [3.63, 3.8) is 0 Å². The van der Waals surface area contributed by atoms with E-state index in [9.17, 15) is 0 Å². The summed E-state index contributed by atoms with van der Waals surface area (Å²) in [5, 5.41) is 7.93. The van der Waals surface area contributed by atoms with Crippen molar-refractivity contribution < 1.29 is 0 Å². The molecule has 2 aromatic rings. The van der Waals surface area contributed by atoms with Gasteiger partial charge in [-0.1, -0.05) is 22.0 Å². The van der Waals surface area contributed by atoms with Crippen molar-refractivity contribution in [3.8, 4) is 0 Å². The summed E-state index contributed by atoms with van der Waals surface area (Å²) in [4.78, 5) is 7.53. The minimum absolute atomic E-state index is 0.00593. The van der Waals surface area contributed by atoms with Gasteiger partial charge >= 0.3 is 0 Å². The third-order valence-corrected chi connectivity index (χ3v) is 2.52. The number of hydrogen-bond donors (Lipinski definition) is 3. The summed E-state index contributed by atoms with van der Waals surface area (Å²) in [5.41, 5.74) is 17.5. The lowest BCUT2D eigenvalue weighted by atomic mass is 10.3. The molecule has 0 aliphatic heterocycles. The standard InChI is InChI=1S/C10H10BrN7/c11-5-2-1-3-6(4-5)17-18-7-8(12)15-10(14)16-9(7)13/h1-4H,(H6,12,13,14,15,16). The first kappa shape index (κ1) is 12.2. The molecule has 0 saturated carbocycles. The smallest absolute Gasteiger partial charge is 0.224 e. The first-order valence-corrected chi connectivity index (χ1v) is 5.71. The Balaban J connectivity index is 2.35. The summed E-state index contributed by atoms with van der Waals surface area (Å²) in [5.74, 6) is 0.198. The van der Waals surface area contributed by atoms with Gasteiger partial charge < -0.3 is 17.2 Å². The summed E-state index contributed by atoms with van der Waals surface area (Å²) in [6.07, 6.45) is 0. The molecule has 0 saturated heterocycles. The van der Waals surface area contributed by atoms with Crippen molar-refractivity contribution >= 4 is 44.9 Å². The predicted molar refractivity (Wildman–Crippen MR) is 73.6 cm³/mol. The number of anilines is 3. The molecule has 8 heteroatoms. The fourth-order valence-corrected chi connectivity index (χ4v) is 1.64. The van der Waals surface area contributed by atoms with Crippen LogP contribution in [0.15, 0.2) is 39.0 Å². The average molecular weight is 308 g/mol. The highest BCUT2D eigenvalue weighted by atomic mass is 79.9. The molecule has 1 aromatic carbocycles. The van der Waals surface area contributed by atoms with Crippen LogP contribution in [0.3, 0.4) is 0 Å². The third kappa shape index (κ3) is 2.72. The van der Waals surface area contributed by atoms with Crippen molar-refractivity contribution in [2.24, 2.45) is 10.2 Å². The first-order valence-electron chi connectivity index (χ1n) is 4.92. The number of halogens is 1. The van der Waals surface area contributed by atoms with Crippen LogP contribution in [0.5, 0.6) is 0 Å². The Morgan fingerprint density at radius 1 is 1.00 bits per heavy atom. The zero-order chi connectivity index (χ0) is 13.1. The van der Waals surface area contributed by atoms with E-state index >= 15 is 0 Å². The second kappa shape index (κ2) is 4.96. The van der Waals surface area contributed by atoms with Gasteiger partial charge in [-0.15, -0.1) is 5.11 Å². The first-order chi connectivity index (χ1) is 8.56. The maximum atomic E-state index is 5.64. The van der Waals surface area contributed by atoms with Crippen molar-refractivity contribution in [2.45, 2.75) is 0 Å². The van der Waals surface area contributed by atoms with Crippen molar-refractivity contribution in [1.82, 2.24) is 9.97 Å². The fraction of sp³-hybridized carbons (Fsp3) is 0. The SMILES string of the molecule is Nc1nc(N)c(N=Nc2cccc(Br)c2)c(N)n1. The highest BCUT2D eigenvalue weighted by Gasteiger charge is 2.07. The van der Waals surface area contributed by atoms with Crippen LogP contribution >= 0.6 is 15.9 Å². The zero-order valence-electron chi connectivity index (χ0n) is 9.21. The highest BCUT2D eigenvalue weighted by Crippen LogP contribution is 2.29. The Bertz CT molecular complexity index is 588. The van der Waals surface area contributed by atoms with Gasteiger partial charge in [-0.05, 0) is 18.2 Å². The van der Waals surface area contributed by atoms with Crippen molar-refractivity contribution in [1.29, 1.82) is 0 Å². The lowest BCUT2D eigenvalue weighted by molar-refractivity contribution is 1.15. The van der Waals surface area contributed by atoms with E-state index in [4.69, 9.17) is 17.2 Å². The van der Waals surface area contributed by atoms with Gasteiger partial charge in [0.2, 0.25) is 5.95 Å². The molecule has 6 N–H and O–H groups in total. The topological polar surface area (TPSA) is 129 Å². The quantitative estimate of drug-likeness (QED) is 0.734. The van der Waals surface area contributed by atoms with Crippen LogP contribution in [0.1, 0.15) is 0 Å². The lowest BCUT2D eigenvalue weighted by Crippen LogP contribution is -2.03. The van der Waals surface area contributed by atoms with Crippen molar-refractivity contribution in [3.05, 3.63) is 28.7 Å². The second-order valence-electron chi connectivity index (χ2n) is 3.38. The third-order valence-electron chi connectivity index (χ3n) is 2.03. The van der Waals surface area contributed by atoms with E-state index in [0.29, 0.717) is 5.69 Å². The van der Waals surface area contributed by atoms with Gasteiger partial charge in [0.15, 0.2) is 17.3 Å². The van der Waals surface area contributed by atoms with Crippen LogP contribution in [0, 0.1) is 0 Å². The number of nitrogen functional groups attached to an aromatic ring is 3. The molecule has 92 valence electrons. The molecule has 1 aromatic heterocycles. The number of nitrogens with two attached hydrogens (primary N) is 3. The summed E-state index contributed by atoms with van der Waals surface area (Å²) < 4.78 is 0.897.